The van der Waals surface area contributed by atoms with Crippen molar-refractivity contribution in [1.29, 1.82) is 0 Å². The maximum absolute atomic E-state index is 12.6. The molecule has 2 rings (SSSR count). The Morgan fingerprint density at radius 2 is 2.09 bits per heavy atom. The van der Waals surface area contributed by atoms with Gasteiger partial charge in [-0.25, -0.2) is 4.79 Å². The molecular weight excluding hydrogens is 409 g/mol. The summed E-state index contributed by atoms with van der Waals surface area (Å²) < 4.78 is 7.72. The number of benzene rings is 1. The molecule has 0 bridgehead atoms. The average molecular weight is 429 g/mol. The lowest BCUT2D eigenvalue weighted by molar-refractivity contribution is 0.0523. The lowest BCUT2D eigenvalue weighted by atomic mass is 10.0. The van der Waals surface area contributed by atoms with Gasteiger partial charge in [0, 0.05) is 15.2 Å². The molecule has 0 radical (unpaired) electrons. The molecule has 0 aliphatic carbocycles. The van der Waals surface area contributed by atoms with Crippen LogP contribution in [0.4, 0.5) is 0 Å². The van der Waals surface area contributed by atoms with E-state index in [1.807, 2.05) is 30.5 Å². The van der Waals surface area contributed by atoms with E-state index in [9.17, 15) is 14.7 Å². The molecule has 6 heteroatoms. The standard InChI is InChI=1S/C17H20INO4/c1-4-23-17(22)13-8-19(15(9-20)10(2)3)14-6-5-11(18)7-12(14)16(13)21/h5-8,10,15,20H,4,9H2,1-3H3. The third kappa shape index (κ3) is 3.58. The van der Waals surface area contributed by atoms with Crippen LogP contribution in [-0.2, 0) is 4.74 Å². The maximum atomic E-state index is 12.6. The second-order valence-electron chi connectivity index (χ2n) is 5.66. The van der Waals surface area contributed by atoms with E-state index in [-0.39, 0.29) is 36.2 Å². The summed E-state index contributed by atoms with van der Waals surface area (Å²) in [6.07, 6.45) is 1.51. The molecule has 1 atom stereocenters. The van der Waals surface area contributed by atoms with Crippen LogP contribution in [0.25, 0.3) is 10.9 Å². The number of aromatic nitrogens is 1. The van der Waals surface area contributed by atoms with Crippen LogP contribution in [0.2, 0.25) is 0 Å². The molecule has 2 aromatic rings. The number of rotatable bonds is 5. The molecule has 1 aromatic carbocycles. The first-order valence-electron chi connectivity index (χ1n) is 7.53. The SMILES string of the molecule is CCOC(=O)c1cn(C(CO)C(C)C)c2ccc(I)cc2c1=O. The van der Waals surface area contributed by atoms with Gasteiger partial charge in [-0.05, 0) is 53.6 Å². The van der Waals surface area contributed by atoms with Crippen molar-refractivity contribution in [3.63, 3.8) is 0 Å². The van der Waals surface area contributed by atoms with Crippen molar-refractivity contribution in [3.8, 4) is 0 Å². The zero-order chi connectivity index (χ0) is 17.1. The highest BCUT2D eigenvalue weighted by molar-refractivity contribution is 14.1. The van der Waals surface area contributed by atoms with E-state index in [2.05, 4.69) is 22.6 Å². The molecule has 0 saturated heterocycles. The lowest BCUT2D eigenvalue weighted by Gasteiger charge is -2.25. The molecule has 0 spiro atoms. The predicted octanol–water partition coefficient (Wildman–Crippen LogP) is 2.97. The normalized spacial score (nSPS) is 12.6. The highest BCUT2D eigenvalue weighted by atomic mass is 127. The Kier molecular flexibility index (Phi) is 5.80. The summed E-state index contributed by atoms with van der Waals surface area (Å²) >= 11 is 2.13. The van der Waals surface area contributed by atoms with E-state index in [0.717, 1.165) is 3.57 Å². The lowest BCUT2D eigenvalue weighted by Crippen LogP contribution is -2.26. The number of nitrogens with zero attached hydrogens (tertiary/aromatic N) is 1. The molecular formula is C17H20INO4. The Morgan fingerprint density at radius 1 is 1.39 bits per heavy atom. The summed E-state index contributed by atoms with van der Waals surface area (Å²) in [6, 6.07) is 5.27. The molecule has 0 fully saturated rings. The van der Waals surface area contributed by atoms with E-state index in [1.54, 1.807) is 13.0 Å². The van der Waals surface area contributed by atoms with Gasteiger partial charge < -0.3 is 14.4 Å². The molecule has 1 N–H and O–H groups in total. The number of carbonyl (C=O) groups excluding carboxylic acids is 1. The van der Waals surface area contributed by atoms with Crippen molar-refractivity contribution in [1.82, 2.24) is 4.57 Å². The minimum atomic E-state index is -0.632. The fourth-order valence-electron chi connectivity index (χ4n) is 2.58. The zero-order valence-corrected chi connectivity index (χ0v) is 15.5. The molecule has 0 aliphatic heterocycles. The first-order valence-corrected chi connectivity index (χ1v) is 8.61. The maximum Gasteiger partial charge on any atom is 0.343 e. The van der Waals surface area contributed by atoms with E-state index in [4.69, 9.17) is 4.74 Å². The number of pyridine rings is 1. The molecule has 0 amide bonds. The number of fused-ring (bicyclic) bond motifs is 1. The largest absolute Gasteiger partial charge is 0.462 e. The molecule has 124 valence electrons. The summed E-state index contributed by atoms with van der Waals surface area (Å²) in [6.45, 7) is 5.80. The monoisotopic (exact) mass is 429 g/mol. The summed E-state index contributed by atoms with van der Waals surface area (Å²) in [5.74, 6) is -0.493. The number of ether oxygens (including phenoxy) is 1. The first-order chi connectivity index (χ1) is 10.9. The molecule has 1 heterocycles. The van der Waals surface area contributed by atoms with Gasteiger partial charge in [-0.1, -0.05) is 13.8 Å². The van der Waals surface area contributed by atoms with E-state index >= 15 is 0 Å². The number of halogens is 1. The number of aliphatic hydroxyl groups is 1. The second-order valence-corrected chi connectivity index (χ2v) is 6.90. The number of carbonyl (C=O) groups is 1. The zero-order valence-electron chi connectivity index (χ0n) is 13.4. The van der Waals surface area contributed by atoms with Crippen molar-refractivity contribution in [3.05, 3.63) is 43.8 Å². The average Bonchev–Trinajstić information content (AvgIpc) is 2.50. The van der Waals surface area contributed by atoms with Gasteiger partial charge in [-0.2, -0.15) is 0 Å². The fraction of sp³-hybridized carbons (Fsp3) is 0.412. The van der Waals surface area contributed by atoms with Gasteiger partial charge in [0.1, 0.15) is 5.56 Å². The third-order valence-corrected chi connectivity index (χ3v) is 4.47. The van der Waals surface area contributed by atoms with Gasteiger partial charge >= 0.3 is 5.97 Å². The molecule has 5 nitrogen and oxygen atoms in total. The molecule has 1 aromatic heterocycles. The van der Waals surface area contributed by atoms with E-state index in [0.29, 0.717) is 10.9 Å². The third-order valence-electron chi connectivity index (χ3n) is 3.80. The van der Waals surface area contributed by atoms with Crippen molar-refractivity contribution < 1.29 is 14.6 Å². The smallest absolute Gasteiger partial charge is 0.343 e. The quantitative estimate of drug-likeness (QED) is 0.587. The van der Waals surface area contributed by atoms with Gasteiger partial charge in [-0.15, -0.1) is 0 Å². The topological polar surface area (TPSA) is 68.5 Å². The van der Waals surface area contributed by atoms with Gasteiger partial charge in [0.25, 0.3) is 0 Å². The Morgan fingerprint density at radius 3 is 2.65 bits per heavy atom. The van der Waals surface area contributed by atoms with Gasteiger partial charge in [-0.3, -0.25) is 4.79 Å². The van der Waals surface area contributed by atoms with Crippen LogP contribution in [-0.4, -0.2) is 28.9 Å². The molecule has 0 saturated carbocycles. The second kappa shape index (κ2) is 7.44. The molecule has 23 heavy (non-hydrogen) atoms. The van der Waals surface area contributed by atoms with Gasteiger partial charge in [0.2, 0.25) is 5.43 Å². The minimum absolute atomic E-state index is 0.000417. The molecule has 1 unspecified atom stereocenters. The van der Waals surface area contributed by atoms with Crippen molar-refractivity contribution in [2.75, 3.05) is 13.2 Å². The summed E-state index contributed by atoms with van der Waals surface area (Å²) in [5, 5.41) is 10.2. The van der Waals surface area contributed by atoms with Crippen LogP contribution < -0.4 is 5.43 Å². The van der Waals surface area contributed by atoms with Crippen molar-refractivity contribution >= 4 is 39.5 Å². The minimum Gasteiger partial charge on any atom is -0.462 e. The van der Waals surface area contributed by atoms with Crippen LogP contribution in [0.15, 0.2) is 29.2 Å². The summed E-state index contributed by atoms with van der Waals surface area (Å²) in [5.41, 5.74) is 0.366. The predicted molar refractivity (Wildman–Crippen MR) is 97.8 cm³/mol. The van der Waals surface area contributed by atoms with E-state index in [1.165, 1.54) is 6.20 Å². The summed E-state index contributed by atoms with van der Waals surface area (Å²) in [7, 11) is 0. The number of aliphatic hydroxyl groups excluding tert-OH is 1. The Hall–Kier alpha value is -1.41. The fourth-order valence-corrected chi connectivity index (χ4v) is 3.07. The van der Waals surface area contributed by atoms with E-state index < -0.39 is 5.97 Å². The highest BCUT2D eigenvalue weighted by Gasteiger charge is 2.21. The number of esters is 1. The van der Waals surface area contributed by atoms with Crippen LogP contribution in [0.3, 0.4) is 0 Å². The van der Waals surface area contributed by atoms with Crippen LogP contribution in [0, 0.1) is 9.49 Å². The first kappa shape index (κ1) is 17.9. The van der Waals surface area contributed by atoms with Gasteiger partial charge in [0.15, 0.2) is 0 Å². The number of hydrogen-bond acceptors (Lipinski definition) is 4. The van der Waals surface area contributed by atoms with Crippen molar-refractivity contribution in [2.45, 2.75) is 26.8 Å². The van der Waals surface area contributed by atoms with Crippen LogP contribution >= 0.6 is 22.6 Å². The Bertz CT molecular complexity index is 782. The number of hydrogen-bond donors (Lipinski definition) is 1. The van der Waals surface area contributed by atoms with Crippen molar-refractivity contribution in [2.24, 2.45) is 5.92 Å². The van der Waals surface area contributed by atoms with Gasteiger partial charge in [0.05, 0.1) is 24.8 Å². The Balaban J connectivity index is 2.82. The molecule has 0 aliphatic rings. The summed E-state index contributed by atoms with van der Waals surface area (Å²) in [4.78, 5) is 24.8. The Labute approximate surface area is 148 Å². The highest BCUT2D eigenvalue weighted by Crippen LogP contribution is 2.24. The van der Waals surface area contributed by atoms with Crippen LogP contribution in [0.1, 0.15) is 37.2 Å². The van der Waals surface area contributed by atoms with Crippen LogP contribution in [0.5, 0.6) is 0 Å².